The Balaban J connectivity index is 1.57. The third-order valence-electron chi connectivity index (χ3n) is 5.64. The van der Waals surface area contributed by atoms with Gasteiger partial charge in [0.15, 0.2) is 6.10 Å². The zero-order valence-electron chi connectivity index (χ0n) is 16.5. The van der Waals surface area contributed by atoms with Gasteiger partial charge in [-0.3, -0.25) is 24.5 Å². The molecule has 3 aromatic rings. The Morgan fingerprint density at radius 2 is 1.59 bits per heavy atom. The maximum atomic E-state index is 13.5. The first-order valence-corrected chi connectivity index (χ1v) is 10.2. The molecule has 3 atom stereocenters. The number of nitro benzene ring substituents is 1. The highest BCUT2D eigenvalue weighted by Crippen LogP contribution is 2.47. The van der Waals surface area contributed by atoms with Gasteiger partial charge in [-0.05, 0) is 35.9 Å². The van der Waals surface area contributed by atoms with Crippen molar-refractivity contribution in [3.8, 4) is 0 Å². The molecule has 5 rings (SSSR count). The van der Waals surface area contributed by atoms with Crippen LogP contribution in [0, 0.1) is 16.0 Å². The Morgan fingerprint density at radius 3 is 2.28 bits per heavy atom. The molecule has 2 amide bonds. The lowest BCUT2D eigenvalue weighted by Gasteiger charge is -2.28. The highest BCUT2D eigenvalue weighted by atomic mass is 35.5. The van der Waals surface area contributed by atoms with Crippen molar-refractivity contribution in [3.05, 3.63) is 99.6 Å². The number of halogens is 1. The molecule has 0 aromatic heterocycles. The largest absolute Gasteiger partial charge is 0.273 e. The fraction of sp³-hybridized carbons (Fsp3) is 0.130. The number of nitrogens with zero attached hydrogens (tertiary/aromatic N) is 3. The molecule has 160 valence electrons. The van der Waals surface area contributed by atoms with Gasteiger partial charge in [0.05, 0.1) is 22.3 Å². The average molecular weight is 450 g/mol. The quantitative estimate of drug-likeness (QED) is 0.335. The molecule has 0 spiro atoms. The van der Waals surface area contributed by atoms with E-state index in [4.69, 9.17) is 16.4 Å². The number of hydrogen-bond acceptors (Lipinski definition) is 6. The molecule has 0 bridgehead atoms. The van der Waals surface area contributed by atoms with Crippen LogP contribution in [0.4, 0.5) is 17.1 Å². The van der Waals surface area contributed by atoms with E-state index in [1.54, 1.807) is 29.3 Å². The molecule has 2 aliphatic rings. The maximum absolute atomic E-state index is 13.5. The minimum absolute atomic E-state index is 0.150. The smallest absolute Gasteiger partial charge is 0.271 e. The molecule has 0 saturated carbocycles. The SMILES string of the molecule is O=C1C2ON(c3ccc(Cl)cc3)C(c3ccccc3)C2C(=O)N1c1cccc([N+](=O)[O-])c1. The summed E-state index contributed by atoms with van der Waals surface area (Å²) >= 11 is 6.01. The maximum Gasteiger partial charge on any atom is 0.271 e. The van der Waals surface area contributed by atoms with Crippen LogP contribution in [-0.4, -0.2) is 22.8 Å². The summed E-state index contributed by atoms with van der Waals surface area (Å²) in [4.78, 5) is 44.4. The Morgan fingerprint density at radius 1 is 0.875 bits per heavy atom. The zero-order chi connectivity index (χ0) is 22.4. The number of anilines is 2. The molecule has 3 unspecified atom stereocenters. The molecule has 2 aliphatic heterocycles. The molecular formula is C23H16ClN3O5. The van der Waals surface area contributed by atoms with Gasteiger partial charge in [0.1, 0.15) is 5.92 Å². The van der Waals surface area contributed by atoms with Crippen molar-refractivity contribution >= 4 is 40.5 Å². The van der Waals surface area contributed by atoms with E-state index in [1.807, 2.05) is 30.3 Å². The third kappa shape index (κ3) is 3.21. The van der Waals surface area contributed by atoms with Crippen LogP contribution in [0.2, 0.25) is 5.02 Å². The molecule has 2 saturated heterocycles. The summed E-state index contributed by atoms with van der Waals surface area (Å²) < 4.78 is 0. The first kappa shape index (κ1) is 20.2. The summed E-state index contributed by atoms with van der Waals surface area (Å²) in [5, 5.41) is 13.3. The van der Waals surface area contributed by atoms with Crippen LogP contribution in [0.1, 0.15) is 11.6 Å². The molecule has 0 radical (unpaired) electrons. The number of carbonyl (C=O) groups excluding carboxylic acids is 2. The van der Waals surface area contributed by atoms with E-state index in [-0.39, 0.29) is 11.4 Å². The van der Waals surface area contributed by atoms with Crippen molar-refractivity contribution < 1.29 is 19.3 Å². The van der Waals surface area contributed by atoms with Gasteiger partial charge in [-0.2, -0.15) is 0 Å². The second kappa shape index (κ2) is 7.74. The van der Waals surface area contributed by atoms with E-state index < -0.39 is 34.8 Å². The van der Waals surface area contributed by atoms with Gasteiger partial charge >= 0.3 is 0 Å². The highest BCUT2D eigenvalue weighted by Gasteiger charge is 2.60. The van der Waals surface area contributed by atoms with Crippen molar-refractivity contribution in [2.24, 2.45) is 5.92 Å². The lowest BCUT2D eigenvalue weighted by Crippen LogP contribution is -2.37. The number of nitro groups is 1. The van der Waals surface area contributed by atoms with E-state index >= 15 is 0 Å². The lowest BCUT2D eigenvalue weighted by molar-refractivity contribution is -0.384. The van der Waals surface area contributed by atoms with Crippen LogP contribution in [0.3, 0.4) is 0 Å². The Labute approximate surface area is 187 Å². The van der Waals surface area contributed by atoms with E-state index in [1.165, 1.54) is 24.3 Å². The van der Waals surface area contributed by atoms with Crippen LogP contribution in [0.25, 0.3) is 0 Å². The molecule has 9 heteroatoms. The summed E-state index contributed by atoms with van der Waals surface area (Å²) in [6.07, 6.45) is -1.05. The zero-order valence-corrected chi connectivity index (χ0v) is 17.3. The first-order valence-electron chi connectivity index (χ1n) is 9.84. The molecule has 3 aromatic carbocycles. The van der Waals surface area contributed by atoms with Crippen molar-refractivity contribution in [2.75, 3.05) is 9.96 Å². The summed E-state index contributed by atoms with van der Waals surface area (Å²) in [5.74, 6) is -1.84. The summed E-state index contributed by atoms with van der Waals surface area (Å²) in [5.41, 5.74) is 1.40. The van der Waals surface area contributed by atoms with Crippen molar-refractivity contribution in [1.82, 2.24) is 0 Å². The Bertz CT molecular complexity index is 1220. The number of hydrogen-bond donors (Lipinski definition) is 0. The average Bonchev–Trinajstić information content (AvgIpc) is 3.31. The monoisotopic (exact) mass is 449 g/mol. The minimum Gasteiger partial charge on any atom is -0.273 e. The number of imide groups is 1. The van der Waals surface area contributed by atoms with Gasteiger partial charge in [0, 0.05) is 17.2 Å². The molecular weight excluding hydrogens is 434 g/mol. The number of fused-ring (bicyclic) bond motifs is 1. The predicted octanol–water partition coefficient (Wildman–Crippen LogP) is 4.30. The van der Waals surface area contributed by atoms with Crippen LogP contribution < -0.4 is 9.96 Å². The third-order valence-corrected chi connectivity index (χ3v) is 5.89. The molecule has 2 heterocycles. The van der Waals surface area contributed by atoms with Crippen molar-refractivity contribution in [3.63, 3.8) is 0 Å². The van der Waals surface area contributed by atoms with Crippen LogP contribution in [0.5, 0.6) is 0 Å². The number of hydroxylamine groups is 1. The summed E-state index contributed by atoms with van der Waals surface area (Å²) in [6, 6.07) is 21.1. The Hall–Kier alpha value is -3.75. The standard InChI is InChI=1S/C23H16ClN3O5/c24-15-9-11-16(12-10-15)26-20(14-5-2-1-3-6-14)19-21(32-26)23(29)25(22(19)28)17-7-4-8-18(13-17)27(30)31/h1-13,19-21H. The second-order valence-corrected chi connectivity index (χ2v) is 7.93. The van der Waals surface area contributed by atoms with Gasteiger partial charge < -0.3 is 0 Å². The number of carbonyl (C=O) groups is 2. The fourth-order valence-corrected chi connectivity index (χ4v) is 4.34. The lowest BCUT2D eigenvalue weighted by atomic mass is 9.90. The Kier molecular flexibility index (Phi) is 4.88. The second-order valence-electron chi connectivity index (χ2n) is 7.50. The summed E-state index contributed by atoms with van der Waals surface area (Å²) in [6.45, 7) is 0. The van der Waals surface area contributed by atoms with Crippen LogP contribution in [0.15, 0.2) is 78.9 Å². The van der Waals surface area contributed by atoms with Gasteiger partial charge in [0.25, 0.3) is 11.6 Å². The number of benzene rings is 3. The molecule has 0 N–H and O–H groups in total. The number of amides is 2. The molecule has 0 aliphatic carbocycles. The minimum atomic E-state index is -1.05. The van der Waals surface area contributed by atoms with Gasteiger partial charge in [-0.1, -0.05) is 48.0 Å². The normalized spacial score (nSPS) is 22.3. The van der Waals surface area contributed by atoms with E-state index in [2.05, 4.69) is 0 Å². The number of non-ortho nitro benzene ring substituents is 1. The fourth-order valence-electron chi connectivity index (χ4n) is 4.22. The van der Waals surface area contributed by atoms with E-state index in [9.17, 15) is 19.7 Å². The van der Waals surface area contributed by atoms with Gasteiger partial charge in [0.2, 0.25) is 5.91 Å². The molecule has 32 heavy (non-hydrogen) atoms. The topological polar surface area (TPSA) is 93.0 Å². The molecule has 8 nitrogen and oxygen atoms in total. The number of rotatable bonds is 4. The van der Waals surface area contributed by atoms with Crippen molar-refractivity contribution in [1.29, 1.82) is 0 Å². The predicted molar refractivity (Wildman–Crippen MR) is 117 cm³/mol. The first-order chi connectivity index (χ1) is 15.5. The van der Waals surface area contributed by atoms with Gasteiger partial charge in [-0.25, -0.2) is 9.96 Å². The molecule has 2 fully saturated rings. The van der Waals surface area contributed by atoms with E-state index in [0.29, 0.717) is 10.7 Å². The van der Waals surface area contributed by atoms with Crippen LogP contribution in [-0.2, 0) is 14.4 Å². The summed E-state index contributed by atoms with van der Waals surface area (Å²) in [7, 11) is 0. The highest BCUT2D eigenvalue weighted by molar-refractivity contribution is 6.30. The van der Waals surface area contributed by atoms with Gasteiger partial charge in [-0.15, -0.1) is 0 Å². The van der Waals surface area contributed by atoms with Crippen molar-refractivity contribution in [2.45, 2.75) is 12.1 Å². The van der Waals surface area contributed by atoms with E-state index in [0.717, 1.165) is 10.5 Å². The van der Waals surface area contributed by atoms with Crippen LogP contribution >= 0.6 is 11.6 Å².